The fraction of sp³-hybridized carbons (Fsp3) is 0.167. The van der Waals surface area contributed by atoms with Gasteiger partial charge < -0.3 is 15.0 Å². The van der Waals surface area contributed by atoms with Crippen molar-refractivity contribution in [1.82, 2.24) is 20.3 Å². The van der Waals surface area contributed by atoms with Crippen molar-refractivity contribution in [1.29, 1.82) is 0 Å². The molecule has 0 atom stereocenters. The maximum Gasteiger partial charge on any atom is 0.162 e. The smallest absolute Gasteiger partial charge is 0.162 e. The van der Waals surface area contributed by atoms with Crippen molar-refractivity contribution in [2.24, 2.45) is 0 Å². The molecule has 0 radical (unpaired) electrons. The Labute approximate surface area is 173 Å². The molecule has 150 valence electrons. The standard InChI is InChI=1S/C24H21FN4O/c25-19-3-1-2-16(14-19)15-30-20-6-4-18(5-7-20)23-28-22(17-8-11-26-12-9-17)21-10-13-27-24(21)29-23/h1-8,10,13-14,26H,9,11-12,15H2,(H,27,28,29). The number of nitrogens with zero attached hydrogens (tertiary/aromatic N) is 2. The highest BCUT2D eigenvalue weighted by Gasteiger charge is 2.15. The summed E-state index contributed by atoms with van der Waals surface area (Å²) in [6.45, 7) is 2.13. The molecule has 30 heavy (non-hydrogen) atoms. The van der Waals surface area contributed by atoms with Gasteiger partial charge in [0.05, 0.1) is 5.69 Å². The summed E-state index contributed by atoms with van der Waals surface area (Å²) in [6, 6.07) is 16.1. The second-order valence-corrected chi connectivity index (χ2v) is 7.26. The van der Waals surface area contributed by atoms with Crippen LogP contribution in [0, 0.1) is 5.82 Å². The lowest BCUT2D eigenvalue weighted by atomic mass is 10.0. The van der Waals surface area contributed by atoms with Gasteiger partial charge in [0.1, 0.15) is 23.8 Å². The quantitative estimate of drug-likeness (QED) is 0.509. The van der Waals surface area contributed by atoms with E-state index in [9.17, 15) is 4.39 Å². The molecule has 0 saturated carbocycles. The number of hydrogen-bond donors (Lipinski definition) is 2. The van der Waals surface area contributed by atoms with Crippen LogP contribution < -0.4 is 10.1 Å². The van der Waals surface area contributed by atoms with Crippen molar-refractivity contribution in [2.45, 2.75) is 13.0 Å². The summed E-state index contributed by atoms with van der Waals surface area (Å²) in [5.41, 5.74) is 4.78. The largest absolute Gasteiger partial charge is 0.489 e. The predicted octanol–water partition coefficient (Wildman–Crippen LogP) is 4.72. The third-order valence-corrected chi connectivity index (χ3v) is 5.19. The highest BCUT2D eigenvalue weighted by molar-refractivity contribution is 5.89. The van der Waals surface area contributed by atoms with Crippen LogP contribution in [0.15, 0.2) is 66.9 Å². The number of nitrogens with one attached hydrogen (secondary N) is 2. The fourth-order valence-electron chi connectivity index (χ4n) is 3.65. The van der Waals surface area contributed by atoms with Crippen molar-refractivity contribution in [2.75, 3.05) is 13.1 Å². The van der Waals surface area contributed by atoms with Gasteiger partial charge in [-0.25, -0.2) is 14.4 Å². The van der Waals surface area contributed by atoms with E-state index in [-0.39, 0.29) is 5.82 Å². The maximum absolute atomic E-state index is 13.3. The second-order valence-electron chi connectivity index (χ2n) is 7.26. The average molecular weight is 400 g/mol. The number of aromatic amines is 1. The van der Waals surface area contributed by atoms with Crippen molar-refractivity contribution < 1.29 is 9.13 Å². The molecule has 2 N–H and O–H groups in total. The zero-order chi connectivity index (χ0) is 20.3. The van der Waals surface area contributed by atoms with E-state index in [2.05, 4.69) is 16.4 Å². The molecule has 3 heterocycles. The van der Waals surface area contributed by atoms with Gasteiger partial charge in [-0.3, -0.25) is 0 Å². The molecule has 2 aromatic heterocycles. The van der Waals surface area contributed by atoms with Gasteiger partial charge in [0.2, 0.25) is 0 Å². The first kappa shape index (κ1) is 18.5. The maximum atomic E-state index is 13.3. The molecule has 4 aromatic rings. The van der Waals surface area contributed by atoms with Crippen LogP contribution in [0.25, 0.3) is 28.0 Å². The third kappa shape index (κ3) is 3.82. The summed E-state index contributed by atoms with van der Waals surface area (Å²) in [5.74, 6) is 1.13. The Morgan fingerprint density at radius 2 is 1.93 bits per heavy atom. The molecule has 0 unspecified atom stereocenters. The van der Waals surface area contributed by atoms with E-state index in [0.29, 0.717) is 18.2 Å². The van der Waals surface area contributed by atoms with Crippen LogP contribution >= 0.6 is 0 Å². The van der Waals surface area contributed by atoms with E-state index in [4.69, 9.17) is 14.7 Å². The lowest BCUT2D eigenvalue weighted by Gasteiger charge is -2.15. The lowest BCUT2D eigenvalue weighted by molar-refractivity contribution is 0.305. The molecule has 0 aliphatic carbocycles. The minimum Gasteiger partial charge on any atom is -0.489 e. The molecule has 1 aliphatic heterocycles. The lowest BCUT2D eigenvalue weighted by Crippen LogP contribution is -2.20. The van der Waals surface area contributed by atoms with Crippen LogP contribution in [-0.4, -0.2) is 28.0 Å². The predicted molar refractivity (Wildman–Crippen MR) is 116 cm³/mol. The van der Waals surface area contributed by atoms with E-state index < -0.39 is 0 Å². The van der Waals surface area contributed by atoms with E-state index in [1.807, 2.05) is 42.6 Å². The number of hydrogen-bond acceptors (Lipinski definition) is 4. The van der Waals surface area contributed by atoms with Gasteiger partial charge in [0.15, 0.2) is 5.82 Å². The van der Waals surface area contributed by atoms with Crippen LogP contribution in [0.4, 0.5) is 4.39 Å². The number of ether oxygens (including phenoxy) is 1. The number of H-pyrrole nitrogens is 1. The molecular weight excluding hydrogens is 379 g/mol. The second kappa shape index (κ2) is 8.08. The van der Waals surface area contributed by atoms with Crippen LogP contribution in [-0.2, 0) is 6.61 Å². The minimum atomic E-state index is -0.261. The van der Waals surface area contributed by atoms with Crippen LogP contribution in [0.1, 0.15) is 17.7 Å². The fourth-order valence-corrected chi connectivity index (χ4v) is 3.65. The molecule has 0 spiro atoms. The highest BCUT2D eigenvalue weighted by Crippen LogP contribution is 2.29. The summed E-state index contributed by atoms with van der Waals surface area (Å²) in [5, 5.41) is 4.39. The Kier molecular flexibility index (Phi) is 4.99. The number of fused-ring (bicyclic) bond motifs is 1. The Balaban J connectivity index is 1.40. The molecule has 5 nitrogen and oxygen atoms in total. The third-order valence-electron chi connectivity index (χ3n) is 5.19. The zero-order valence-corrected chi connectivity index (χ0v) is 16.4. The molecular formula is C24H21FN4O. The van der Waals surface area contributed by atoms with Crippen molar-refractivity contribution in [3.63, 3.8) is 0 Å². The SMILES string of the molecule is Fc1cccc(COc2ccc(-c3nc(C4=CCNCC4)c4cc[nH]c4n3)cc2)c1. The van der Waals surface area contributed by atoms with Gasteiger partial charge in [-0.2, -0.15) is 0 Å². The molecule has 0 bridgehead atoms. The van der Waals surface area contributed by atoms with Gasteiger partial charge in [-0.15, -0.1) is 0 Å². The van der Waals surface area contributed by atoms with E-state index >= 15 is 0 Å². The molecule has 1 aliphatic rings. The average Bonchev–Trinajstić information content (AvgIpc) is 3.27. The molecule has 5 rings (SSSR count). The first-order valence-electron chi connectivity index (χ1n) is 9.99. The monoisotopic (exact) mass is 400 g/mol. The summed E-state index contributed by atoms with van der Waals surface area (Å²) in [6.07, 6.45) is 5.05. The first-order chi connectivity index (χ1) is 14.8. The van der Waals surface area contributed by atoms with E-state index in [1.165, 1.54) is 17.7 Å². The zero-order valence-electron chi connectivity index (χ0n) is 16.4. The minimum absolute atomic E-state index is 0.261. The Morgan fingerprint density at radius 1 is 1.03 bits per heavy atom. The van der Waals surface area contributed by atoms with Crippen molar-refractivity contribution >= 4 is 16.6 Å². The van der Waals surface area contributed by atoms with E-state index in [0.717, 1.165) is 47.4 Å². The normalized spacial score (nSPS) is 14.0. The number of aromatic nitrogens is 3. The van der Waals surface area contributed by atoms with Crippen molar-refractivity contribution in [3.8, 4) is 17.1 Å². The van der Waals surface area contributed by atoms with Gasteiger partial charge in [0.25, 0.3) is 0 Å². The first-order valence-corrected chi connectivity index (χ1v) is 9.99. The van der Waals surface area contributed by atoms with E-state index in [1.54, 1.807) is 6.07 Å². The van der Waals surface area contributed by atoms with Crippen LogP contribution in [0.5, 0.6) is 5.75 Å². The number of rotatable bonds is 5. The number of benzene rings is 2. The summed E-state index contributed by atoms with van der Waals surface area (Å²) >= 11 is 0. The summed E-state index contributed by atoms with van der Waals surface area (Å²) in [4.78, 5) is 12.8. The topological polar surface area (TPSA) is 62.8 Å². The van der Waals surface area contributed by atoms with Gasteiger partial charge in [-0.1, -0.05) is 18.2 Å². The van der Waals surface area contributed by atoms with Gasteiger partial charge in [0, 0.05) is 23.7 Å². The van der Waals surface area contributed by atoms with Gasteiger partial charge in [-0.05, 0) is 66.6 Å². The van der Waals surface area contributed by atoms with Gasteiger partial charge >= 0.3 is 0 Å². The summed E-state index contributed by atoms with van der Waals surface area (Å²) in [7, 11) is 0. The Morgan fingerprint density at radius 3 is 2.73 bits per heavy atom. The number of halogens is 1. The molecule has 0 saturated heterocycles. The Hall–Kier alpha value is -3.51. The molecule has 0 fully saturated rings. The van der Waals surface area contributed by atoms with Crippen LogP contribution in [0.2, 0.25) is 0 Å². The molecule has 6 heteroatoms. The molecule has 2 aromatic carbocycles. The summed E-state index contributed by atoms with van der Waals surface area (Å²) < 4.78 is 19.1. The van der Waals surface area contributed by atoms with Crippen LogP contribution in [0.3, 0.4) is 0 Å². The molecule has 0 amide bonds. The Bertz CT molecular complexity index is 1210. The highest BCUT2D eigenvalue weighted by atomic mass is 19.1. The van der Waals surface area contributed by atoms with Crippen molar-refractivity contribution in [3.05, 3.63) is 83.9 Å².